The number of esters is 1. The number of hydrogen-bond acceptors (Lipinski definition) is 8. The summed E-state index contributed by atoms with van der Waals surface area (Å²) >= 11 is 1.34. The molecule has 0 aliphatic carbocycles. The normalized spacial score (nSPS) is 17.9. The molecule has 0 radical (unpaired) electrons. The Labute approximate surface area is 144 Å². The number of anilines is 1. The Hall–Kier alpha value is -1.77. The lowest BCUT2D eigenvalue weighted by Crippen LogP contribution is -2.30. The number of ether oxygens (including phenoxy) is 3. The quantitative estimate of drug-likeness (QED) is 0.829. The van der Waals surface area contributed by atoms with E-state index in [4.69, 9.17) is 14.2 Å². The first-order valence-electron chi connectivity index (χ1n) is 7.98. The molecular weight excluding hydrogens is 330 g/mol. The number of nitrogens with zero attached hydrogens (tertiary/aromatic N) is 2. The largest absolute Gasteiger partial charge is 0.462 e. The Morgan fingerprint density at radius 1 is 1.42 bits per heavy atom. The van der Waals surface area contributed by atoms with Crippen molar-refractivity contribution < 1.29 is 19.0 Å². The van der Waals surface area contributed by atoms with Gasteiger partial charge in [-0.25, -0.2) is 14.8 Å². The standard InChI is InChI=1S/C16H21N3O4S/c1-4-22-16(20)13-9(2)12-14(18-10(3)19-15(12)24-13)17-7-11-5-6-21-8-23-11/h11H,4-8H2,1-3H3,(H,17,18,19)/t11-/m1/s1. The van der Waals surface area contributed by atoms with Crippen LogP contribution in [0.3, 0.4) is 0 Å². The number of aromatic nitrogens is 2. The van der Waals surface area contributed by atoms with Crippen LogP contribution >= 0.6 is 11.3 Å². The highest BCUT2D eigenvalue weighted by atomic mass is 32.1. The molecule has 1 atom stereocenters. The molecule has 3 heterocycles. The highest BCUT2D eigenvalue weighted by Crippen LogP contribution is 2.34. The molecule has 0 unspecified atom stereocenters. The number of hydrogen-bond donors (Lipinski definition) is 1. The number of thiophene rings is 1. The summed E-state index contributed by atoms with van der Waals surface area (Å²) in [5, 5.41) is 4.22. The van der Waals surface area contributed by atoms with Crippen LogP contribution in [-0.4, -0.2) is 48.6 Å². The topological polar surface area (TPSA) is 82.6 Å². The summed E-state index contributed by atoms with van der Waals surface area (Å²) < 4.78 is 15.9. The maximum absolute atomic E-state index is 12.1. The van der Waals surface area contributed by atoms with Gasteiger partial charge >= 0.3 is 5.97 Å². The number of fused-ring (bicyclic) bond motifs is 1. The molecule has 24 heavy (non-hydrogen) atoms. The molecule has 1 aliphatic rings. The van der Waals surface area contributed by atoms with E-state index in [0.717, 1.165) is 28.0 Å². The number of carbonyl (C=O) groups is 1. The monoisotopic (exact) mass is 351 g/mol. The third-order valence-corrected chi connectivity index (χ3v) is 5.00. The van der Waals surface area contributed by atoms with Crippen LogP contribution in [0.4, 0.5) is 5.82 Å². The maximum Gasteiger partial charge on any atom is 0.348 e. The second-order valence-corrected chi connectivity index (χ2v) is 6.56. The Kier molecular flexibility index (Phi) is 5.27. The third kappa shape index (κ3) is 3.50. The van der Waals surface area contributed by atoms with Crippen LogP contribution in [0.25, 0.3) is 10.2 Å². The van der Waals surface area contributed by atoms with Crippen LogP contribution in [0, 0.1) is 13.8 Å². The number of aryl methyl sites for hydroxylation is 2. The van der Waals surface area contributed by atoms with Crippen molar-refractivity contribution in [2.45, 2.75) is 33.3 Å². The van der Waals surface area contributed by atoms with Crippen molar-refractivity contribution in [3.8, 4) is 0 Å². The van der Waals surface area contributed by atoms with Gasteiger partial charge in [0.05, 0.1) is 24.7 Å². The summed E-state index contributed by atoms with van der Waals surface area (Å²) in [5.74, 6) is 1.08. The van der Waals surface area contributed by atoms with E-state index in [-0.39, 0.29) is 12.1 Å². The molecule has 0 amide bonds. The van der Waals surface area contributed by atoms with Crippen LogP contribution in [0.1, 0.15) is 34.4 Å². The first kappa shape index (κ1) is 17.1. The van der Waals surface area contributed by atoms with Gasteiger partial charge in [0.25, 0.3) is 0 Å². The van der Waals surface area contributed by atoms with E-state index in [1.165, 1.54) is 11.3 Å². The van der Waals surface area contributed by atoms with Gasteiger partial charge in [0.15, 0.2) is 0 Å². The third-order valence-electron chi connectivity index (χ3n) is 3.83. The average molecular weight is 351 g/mol. The second-order valence-electron chi connectivity index (χ2n) is 5.56. The van der Waals surface area contributed by atoms with Gasteiger partial charge < -0.3 is 19.5 Å². The molecule has 1 fully saturated rings. The summed E-state index contributed by atoms with van der Waals surface area (Å²) in [6, 6.07) is 0. The molecule has 1 aliphatic heterocycles. The van der Waals surface area contributed by atoms with Gasteiger partial charge in [0.2, 0.25) is 0 Å². The molecule has 1 N–H and O–H groups in total. The van der Waals surface area contributed by atoms with E-state index < -0.39 is 0 Å². The van der Waals surface area contributed by atoms with Gasteiger partial charge in [0.1, 0.15) is 28.1 Å². The maximum atomic E-state index is 12.1. The number of carbonyl (C=O) groups excluding carboxylic acids is 1. The number of nitrogens with one attached hydrogen (secondary N) is 1. The highest BCUT2D eigenvalue weighted by molar-refractivity contribution is 7.20. The van der Waals surface area contributed by atoms with Gasteiger partial charge in [-0.1, -0.05) is 0 Å². The summed E-state index contributed by atoms with van der Waals surface area (Å²) in [6.07, 6.45) is 0.934. The Bertz CT molecular complexity index is 740. The Morgan fingerprint density at radius 3 is 2.96 bits per heavy atom. The molecular formula is C16H21N3O4S. The van der Waals surface area contributed by atoms with Gasteiger partial charge in [-0.05, 0) is 32.8 Å². The van der Waals surface area contributed by atoms with Gasteiger partial charge in [-0.2, -0.15) is 0 Å². The molecule has 0 spiro atoms. The van der Waals surface area contributed by atoms with Crippen molar-refractivity contribution in [1.82, 2.24) is 9.97 Å². The first-order chi connectivity index (χ1) is 11.6. The van der Waals surface area contributed by atoms with Crippen molar-refractivity contribution in [3.05, 3.63) is 16.3 Å². The molecule has 7 nitrogen and oxygen atoms in total. The van der Waals surface area contributed by atoms with Crippen molar-refractivity contribution in [2.75, 3.05) is 31.9 Å². The minimum Gasteiger partial charge on any atom is -0.462 e. The first-order valence-corrected chi connectivity index (χ1v) is 8.79. The predicted octanol–water partition coefficient (Wildman–Crippen LogP) is 2.66. The van der Waals surface area contributed by atoms with Crippen LogP contribution in [0.5, 0.6) is 0 Å². The Morgan fingerprint density at radius 2 is 2.25 bits per heavy atom. The van der Waals surface area contributed by atoms with Crippen molar-refractivity contribution in [2.24, 2.45) is 0 Å². The zero-order chi connectivity index (χ0) is 17.1. The highest BCUT2D eigenvalue weighted by Gasteiger charge is 2.22. The van der Waals surface area contributed by atoms with E-state index in [2.05, 4.69) is 15.3 Å². The lowest BCUT2D eigenvalue weighted by atomic mass is 10.2. The minimum absolute atomic E-state index is 0.0903. The summed E-state index contributed by atoms with van der Waals surface area (Å²) in [5.41, 5.74) is 0.851. The zero-order valence-corrected chi connectivity index (χ0v) is 14.9. The van der Waals surface area contributed by atoms with E-state index in [0.29, 0.717) is 37.3 Å². The zero-order valence-electron chi connectivity index (χ0n) is 14.0. The number of rotatable bonds is 5. The molecule has 2 aromatic heterocycles. The molecule has 8 heteroatoms. The van der Waals surface area contributed by atoms with E-state index in [1.807, 2.05) is 13.8 Å². The predicted molar refractivity (Wildman–Crippen MR) is 91.6 cm³/mol. The van der Waals surface area contributed by atoms with E-state index in [9.17, 15) is 4.79 Å². The molecule has 0 saturated carbocycles. The van der Waals surface area contributed by atoms with E-state index in [1.54, 1.807) is 6.92 Å². The van der Waals surface area contributed by atoms with Crippen molar-refractivity contribution in [1.29, 1.82) is 0 Å². The second kappa shape index (κ2) is 7.42. The van der Waals surface area contributed by atoms with Gasteiger partial charge in [-0.3, -0.25) is 0 Å². The van der Waals surface area contributed by atoms with Crippen LogP contribution in [0.2, 0.25) is 0 Å². The molecule has 130 valence electrons. The lowest BCUT2D eigenvalue weighted by molar-refractivity contribution is -0.133. The molecule has 2 aromatic rings. The molecule has 0 bridgehead atoms. The van der Waals surface area contributed by atoms with Crippen LogP contribution < -0.4 is 5.32 Å². The fourth-order valence-corrected chi connectivity index (χ4v) is 3.76. The average Bonchev–Trinajstić information content (AvgIpc) is 2.90. The fraction of sp³-hybridized carbons (Fsp3) is 0.562. The van der Waals surface area contributed by atoms with Crippen molar-refractivity contribution in [3.63, 3.8) is 0 Å². The van der Waals surface area contributed by atoms with E-state index >= 15 is 0 Å². The fourth-order valence-electron chi connectivity index (χ4n) is 2.64. The molecule has 0 aromatic carbocycles. The SMILES string of the molecule is CCOC(=O)c1sc2nc(C)nc(NC[C@H]3CCOCO3)c2c1C. The minimum atomic E-state index is -0.311. The van der Waals surface area contributed by atoms with Crippen LogP contribution in [0.15, 0.2) is 0 Å². The summed E-state index contributed by atoms with van der Waals surface area (Å²) in [7, 11) is 0. The molecule has 1 saturated heterocycles. The van der Waals surface area contributed by atoms with Crippen molar-refractivity contribution >= 4 is 33.3 Å². The van der Waals surface area contributed by atoms with Gasteiger partial charge in [0, 0.05) is 6.54 Å². The smallest absolute Gasteiger partial charge is 0.348 e. The molecule has 3 rings (SSSR count). The summed E-state index contributed by atoms with van der Waals surface area (Å²) in [6.45, 7) is 7.56. The summed E-state index contributed by atoms with van der Waals surface area (Å²) in [4.78, 5) is 22.5. The van der Waals surface area contributed by atoms with Gasteiger partial charge in [-0.15, -0.1) is 11.3 Å². The Balaban J connectivity index is 1.90. The van der Waals surface area contributed by atoms with Crippen LogP contribution in [-0.2, 0) is 14.2 Å². The lowest BCUT2D eigenvalue weighted by Gasteiger charge is -2.23.